The standard InChI is InChI=1S/C30H30F4N4O3/c1-17-13-19(9-10-20(17)25(39)14-18-7-8-18)24-16-36-28-23(35-12-11-30(32,33)34)15-26(37-38(24)28)29(2,40)21-5-4-6-22(31)27(21)41-3/h4-6,9-10,13,15-16,18,35,40H,7-8,11-12,14H2,1-3H3. The molecule has 0 bridgehead atoms. The number of hydrogen-bond acceptors (Lipinski definition) is 6. The third kappa shape index (κ3) is 5.90. The van der Waals surface area contributed by atoms with Crippen LogP contribution >= 0.6 is 0 Å². The Labute approximate surface area is 234 Å². The number of methoxy groups -OCH3 is 1. The van der Waals surface area contributed by atoms with Gasteiger partial charge in [-0.15, -0.1) is 0 Å². The van der Waals surface area contributed by atoms with Crippen LogP contribution in [0.2, 0.25) is 0 Å². The van der Waals surface area contributed by atoms with Gasteiger partial charge in [0.15, 0.2) is 23.0 Å². The Morgan fingerprint density at radius 1 is 1.20 bits per heavy atom. The van der Waals surface area contributed by atoms with E-state index in [2.05, 4.69) is 15.4 Å². The molecule has 0 amide bonds. The molecule has 1 saturated carbocycles. The number of carbonyl (C=O) groups excluding carboxylic acids is 1. The number of aryl methyl sites for hydroxylation is 1. The van der Waals surface area contributed by atoms with Crippen LogP contribution in [0, 0.1) is 18.7 Å². The SMILES string of the molecule is COc1c(F)cccc1C(C)(O)c1cc(NCCC(F)(F)F)c2ncc(-c3ccc(C(=O)CC4CC4)c(C)c3)n2n1. The minimum absolute atomic E-state index is 0.0237. The van der Waals surface area contributed by atoms with Crippen molar-refractivity contribution in [3.8, 4) is 17.0 Å². The molecule has 5 rings (SSSR count). The van der Waals surface area contributed by atoms with Crippen molar-refractivity contribution in [2.45, 2.75) is 51.3 Å². The van der Waals surface area contributed by atoms with Crippen LogP contribution in [0.15, 0.2) is 48.7 Å². The largest absolute Gasteiger partial charge is 0.493 e. The van der Waals surface area contributed by atoms with Gasteiger partial charge in [-0.25, -0.2) is 13.9 Å². The lowest BCUT2D eigenvalue weighted by Crippen LogP contribution is -2.27. The number of nitrogens with one attached hydrogen (secondary N) is 1. The number of ether oxygens (including phenoxy) is 1. The van der Waals surface area contributed by atoms with Crippen molar-refractivity contribution in [1.82, 2.24) is 14.6 Å². The van der Waals surface area contributed by atoms with E-state index in [9.17, 15) is 27.5 Å². The van der Waals surface area contributed by atoms with Crippen LogP contribution in [0.4, 0.5) is 23.2 Å². The maximum atomic E-state index is 14.5. The summed E-state index contributed by atoms with van der Waals surface area (Å²) >= 11 is 0. The number of imidazole rings is 1. The molecule has 1 atom stereocenters. The third-order valence-electron chi connectivity index (χ3n) is 7.38. The van der Waals surface area contributed by atoms with Crippen molar-refractivity contribution in [2.75, 3.05) is 19.0 Å². The molecule has 4 aromatic rings. The second-order valence-electron chi connectivity index (χ2n) is 10.6. The van der Waals surface area contributed by atoms with Crippen LogP contribution in [-0.2, 0) is 5.60 Å². The van der Waals surface area contributed by atoms with Crippen molar-refractivity contribution >= 4 is 17.1 Å². The first-order chi connectivity index (χ1) is 19.4. The number of halogens is 4. The highest BCUT2D eigenvalue weighted by molar-refractivity contribution is 5.98. The first-order valence-corrected chi connectivity index (χ1v) is 13.3. The molecule has 1 aliphatic rings. The molecule has 0 saturated heterocycles. The molecular formula is C30H30F4N4O3. The number of ketones is 1. The van der Waals surface area contributed by atoms with Gasteiger partial charge < -0.3 is 15.2 Å². The van der Waals surface area contributed by atoms with Gasteiger partial charge in [-0.3, -0.25) is 4.79 Å². The Morgan fingerprint density at radius 2 is 1.95 bits per heavy atom. The zero-order chi connectivity index (χ0) is 29.5. The Balaban J connectivity index is 1.61. The number of Topliss-reactive ketones (excluding diaryl/α,β-unsaturated/α-hetero) is 1. The third-order valence-corrected chi connectivity index (χ3v) is 7.38. The van der Waals surface area contributed by atoms with Gasteiger partial charge in [-0.05, 0) is 56.4 Å². The maximum Gasteiger partial charge on any atom is 0.390 e. The number of hydrogen-bond donors (Lipinski definition) is 2. The van der Waals surface area contributed by atoms with E-state index in [1.807, 2.05) is 13.0 Å². The molecule has 1 fully saturated rings. The molecule has 1 aliphatic carbocycles. The zero-order valence-electron chi connectivity index (χ0n) is 22.8. The quantitative estimate of drug-likeness (QED) is 0.168. The number of benzene rings is 2. The average molecular weight is 571 g/mol. The highest BCUT2D eigenvalue weighted by Crippen LogP contribution is 2.38. The minimum Gasteiger partial charge on any atom is -0.493 e. The van der Waals surface area contributed by atoms with E-state index in [1.165, 1.54) is 49.0 Å². The fraction of sp³-hybridized carbons (Fsp3) is 0.367. The fourth-order valence-electron chi connectivity index (χ4n) is 4.94. The van der Waals surface area contributed by atoms with Crippen molar-refractivity contribution in [2.24, 2.45) is 5.92 Å². The molecule has 11 heteroatoms. The van der Waals surface area contributed by atoms with E-state index in [0.717, 1.165) is 18.4 Å². The zero-order valence-corrected chi connectivity index (χ0v) is 22.8. The van der Waals surface area contributed by atoms with E-state index in [-0.39, 0.29) is 34.1 Å². The summed E-state index contributed by atoms with van der Waals surface area (Å²) in [5.74, 6) is -0.328. The van der Waals surface area contributed by atoms with Crippen LogP contribution in [0.25, 0.3) is 16.9 Å². The van der Waals surface area contributed by atoms with Crippen LogP contribution in [0.1, 0.15) is 59.8 Å². The highest BCUT2D eigenvalue weighted by Gasteiger charge is 2.34. The number of aromatic nitrogens is 3. The van der Waals surface area contributed by atoms with Gasteiger partial charge in [-0.1, -0.05) is 24.3 Å². The first kappa shape index (κ1) is 28.5. The Hall–Kier alpha value is -3.99. The monoisotopic (exact) mass is 570 g/mol. The lowest BCUT2D eigenvalue weighted by Gasteiger charge is -2.26. The second-order valence-corrected chi connectivity index (χ2v) is 10.6. The van der Waals surface area contributed by atoms with Gasteiger partial charge in [-0.2, -0.15) is 18.3 Å². The van der Waals surface area contributed by atoms with Crippen molar-refractivity contribution in [3.63, 3.8) is 0 Å². The van der Waals surface area contributed by atoms with Gasteiger partial charge >= 0.3 is 6.18 Å². The number of anilines is 1. The summed E-state index contributed by atoms with van der Waals surface area (Å²) in [7, 11) is 1.27. The Morgan fingerprint density at radius 3 is 2.61 bits per heavy atom. The van der Waals surface area contributed by atoms with Gasteiger partial charge in [0.2, 0.25) is 0 Å². The molecule has 2 N–H and O–H groups in total. The first-order valence-electron chi connectivity index (χ1n) is 13.3. The summed E-state index contributed by atoms with van der Waals surface area (Å²) in [6.45, 7) is 2.81. The molecule has 2 heterocycles. The van der Waals surface area contributed by atoms with Crippen LogP contribution in [0.5, 0.6) is 5.75 Å². The van der Waals surface area contributed by atoms with E-state index in [0.29, 0.717) is 29.2 Å². The number of rotatable bonds is 10. The summed E-state index contributed by atoms with van der Waals surface area (Å²) in [4.78, 5) is 17.1. The van der Waals surface area contributed by atoms with Gasteiger partial charge in [0.1, 0.15) is 5.60 Å². The molecular weight excluding hydrogens is 540 g/mol. The van der Waals surface area contributed by atoms with Crippen molar-refractivity contribution in [1.29, 1.82) is 0 Å². The smallest absolute Gasteiger partial charge is 0.390 e. The summed E-state index contributed by atoms with van der Waals surface area (Å²) in [5, 5.41) is 19.0. The summed E-state index contributed by atoms with van der Waals surface area (Å²) < 4.78 is 59.9. The topological polar surface area (TPSA) is 88.8 Å². The molecule has 0 spiro atoms. The number of aliphatic hydroxyl groups is 1. The van der Waals surface area contributed by atoms with Crippen LogP contribution < -0.4 is 10.1 Å². The van der Waals surface area contributed by atoms with E-state index in [1.54, 1.807) is 12.1 Å². The predicted molar refractivity (Wildman–Crippen MR) is 146 cm³/mol. The molecule has 7 nitrogen and oxygen atoms in total. The molecule has 1 unspecified atom stereocenters. The number of fused-ring (bicyclic) bond motifs is 1. The van der Waals surface area contributed by atoms with Gasteiger partial charge in [0.05, 0.1) is 36.8 Å². The average Bonchev–Trinajstić information content (AvgIpc) is 3.61. The van der Waals surface area contributed by atoms with Gasteiger partial charge in [0, 0.05) is 29.7 Å². The lowest BCUT2D eigenvalue weighted by atomic mass is 9.91. The highest BCUT2D eigenvalue weighted by atomic mass is 19.4. The Bertz CT molecular complexity index is 1610. The van der Waals surface area contributed by atoms with Crippen LogP contribution in [-0.4, -0.2) is 45.3 Å². The number of carbonyl (C=O) groups is 1. The molecule has 216 valence electrons. The van der Waals surface area contributed by atoms with E-state index >= 15 is 0 Å². The number of para-hydroxylation sites is 1. The lowest BCUT2D eigenvalue weighted by molar-refractivity contribution is -0.131. The molecule has 0 aliphatic heterocycles. The fourth-order valence-corrected chi connectivity index (χ4v) is 4.94. The summed E-state index contributed by atoms with van der Waals surface area (Å²) in [6, 6.07) is 10.9. The van der Waals surface area contributed by atoms with Crippen molar-refractivity contribution in [3.05, 3.63) is 76.9 Å². The van der Waals surface area contributed by atoms with Crippen LogP contribution in [0.3, 0.4) is 0 Å². The second kappa shape index (κ2) is 10.8. The molecule has 2 aromatic carbocycles. The van der Waals surface area contributed by atoms with E-state index in [4.69, 9.17) is 4.74 Å². The normalized spacial score (nSPS) is 15.1. The number of alkyl halides is 3. The summed E-state index contributed by atoms with van der Waals surface area (Å²) in [5.41, 5.74) is 1.23. The minimum atomic E-state index is -4.38. The maximum absolute atomic E-state index is 14.5. The molecule has 0 radical (unpaired) electrons. The molecule has 2 aromatic heterocycles. The van der Waals surface area contributed by atoms with Crippen molar-refractivity contribution < 1.29 is 32.2 Å². The van der Waals surface area contributed by atoms with Gasteiger partial charge in [0.25, 0.3) is 0 Å². The number of nitrogens with zero attached hydrogens (tertiary/aromatic N) is 3. The molecule has 41 heavy (non-hydrogen) atoms. The van der Waals surface area contributed by atoms with E-state index < -0.39 is 30.6 Å². The predicted octanol–water partition coefficient (Wildman–Crippen LogP) is 6.46. The summed E-state index contributed by atoms with van der Waals surface area (Å²) in [6.07, 6.45) is -1.28. The Kier molecular flexibility index (Phi) is 7.50.